The number of aromatic nitrogens is 6. The number of hydrogen-bond donors (Lipinski definition) is 6. The number of hydrogen-bond acceptors (Lipinski definition) is 18. The summed E-state index contributed by atoms with van der Waals surface area (Å²) in [7, 11) is -10.7. The minimum absolute atomic E-state index is 0. The third-order valence-electron chi connectivity index (χ3n) is 6.25. The minimum Gasteiger partial charge on any atom is -0.744 e. The zero-order valence-electron chi connectivity index (χ0n) is 28.8. The van der Waals surface area contributed by atoms with Crippen molar-refractivity contribution in [1.82, 2.24) is 29.9 Å². The number of nitrogens with zero attached hydrogens (tertiary/aromatic N) is 6. The van der Waals surface area contributed by atoms with Gasteiger partial charge in [-0.3, -0.25) is 0 Å². The molecule has 3 heterocycles. The van der Waals surface area contributed by atoms with E-state index in [-0.39, 0.29) is 108 Å². The van der Waals surface area contributed by atoms with Gasteiger partial charge in [-0.15, -0.1) is 0 Å². The van der Waals surface area contributed by atoms with Crippen LogP contribution in [0.5, 0.6) is 0 Å². The van der Waals surface area contributed by atoms with Crippen LogP contribution in [0.25, 0.3) is 0 Å². The van der Waals surface area contributed by atoms with Crippen LogP contribution in [0.15, 0.2) is 46.2 Å². The van der Waals surface area contributed by atoms with E-state index in [9.17, 15) is 25.9 Å². The molecular formula is C28H34N12Na2O6S2. The van der Waals surface area contributed by atoms with E-state index in [1.165, 1.54) is 0 Å². The number of benzene rings is 2. The predicted molar refractivity (Wildman–Crippen MR) is 176 cm³/mol. The van der Waals surface area contributed by atoms with E-state index in [0.29, 0.717) is 6.07 Å². The van der Waals surface area contributed by atoms with Gasteiger partial charge in [0.15, 0.2) is 0 Å². The zero-order valence-corrected chi connectivity index (χ0v) is 34.5. The maximum absolute atomic E-state index is 12.4. The summed E-state index contributed by atoms with van der Waals surface area (Å²) in [5.74, 6) is 0.000146. The fraction of sp³-hybridized carbons (Fsp3) is 0.357. The first-order valence-electron chi connectivity index (χ1n) is 14.5. The molecule has 5 rings (SSSR count). The van der Waals surface area contributed by atoms with Crippen molar-refractivity contribution in [2.45, 2.75) is 75.5 Å². The van der Waals surface area contributed by atoms with Gasteiger partial charge in [-0.1, -0.05) is 24.3 Å². The number of rotatable bonds is 4. The molecule has 1 aliphatic heterocycles. The molecule has 0 saturated carbocycles. The Balaban J connectivity index is 0.00000338. The van der Waals surface area contributed by atoms with Crippen LogP contribution in [0.4, 0.5) is 47.1 Å². The molecule has 8 bridgehead atoms. The van der Waals surface area contributed by atoms with Gasteiger partial charge < -0.3 is 41.0 Å². The van der Waals surface area contributed by atoms with Gasteiger partial charge in [0.2, 0.25) is 35.7 Å². The molecule has 0 atom stereocenters. The van der Waals surface area contributed by atoms with Crippen LogP contribution in [0, 0.1) is 0 Å². The Hall–Kier alpha value is -2.92. The van der Waals surface area contributed by atoms with Crippen LogP contribution < -0.4 is 91.0 Å². The van der Waals surface area contributed by atoms with Gasteiger partial charge in [0.25, 0.3) is 0 Å². The Kier molecular flexibility index (Phi) is 13.1. The van der Waals surface area contributed by atoms with Gasteiger partial charge in [0, 0.05) is 24.2 Å². The van der Waals surface area contributed by atoms with Crippen LogP contribution in [0.1, 0.15) is 52.7 Å². The largest absolute Gasteiger partial charge is 1.00 e. The normalized spacial score (nSPS) is 13.3. The van der Waals surface area contributed by atoms with E-state index in [1.807, 2.05) is 65.8 Å². The Morgan fingerprint density at radius 3 is 1.34 bits per heavy atom. The van der Waals surface area contributed by atoms with Gasteiger partial charge >= 0.3 is 59.1 Å². The fourth-order valence-corrected chi connectivity index (χ4v) is 5.78. The van der Waals surface area contributed by atoms with E-state index < -0.39 is 52.5 Å². The zero-order chi connectivity index (χ0) is 35.1. The van der Waals surface area contributed by atoms with Crippen molar-refractivity contribution in [3.63, 3.8) is 0 Å². The van der Waals surface area contributed by atoms with E-state index in [2.05, 4.69) is 61.8 Å². The minimum atomic E-state index is -5.36. The van der Waals surface area contributed by atoms with Crippen molar-refractivity contribution in [3.8, 4) is 0 Å². The molecule has 2 aromatic heterocycles. The molecule has 1 aliphatic rings. The molecule has 6 N–H and O–H groups in total. The first-order valence-corrected chi connectivity index (χ1v) is 17.3. The van der Waals surface area contributed by atoms with Gasteiger partial charge in [0.05, 0.1) is 21.2 Å². The summed E-state index contributed by atoms with van der Waals surface area (Å²) in [6.07, 6.45) is 0. The summed E-state index contributed by atoms with van der Waals surface area (Å²) in [5, 5.41) is 17.9. The molecule has 0 aliphatic carbocycles. The standard InChI is InChI=1S/C28H36N12O6S2.2Na/c1-27(2,3)39-25-35-21-29-13-15-8-7-9-16(10-15)14-30-22-34-24(38-26(36-22)40-28(4,5)6)32-18-11-17(31-23(33-21)37-25)19(47(41,42)43)12-20(18)48(44,45)46;;/h7-12H,13-14H2,1-6H3,(H,41,42,43)(H,44,45,46)(H3,29,31,33,35,37,39)(H3,30,32,34,36,38,40);;/q;2*+1/p-2. The Labute approximate surface area is 334 Å². The summed E-state index contributed by atoms with van der Waals surface area (Å²) in [6, 6.07) is 9.02. The van der Waals surface area contributed by atoms with Gasteiger partial charge in [-0.05, 0) is 64.8 Å². The first kappa shape index (κ1) is 41.5. The van der Waals surface area contributed by atoms with Gasteiger partial charge in [-0.2, -0.15) is 29.9 Å². The molecule has 2 aromatic carbocycles. The van der Waals surface area contributed by atoms with Crippen molar-refractivity contribution < 1.29 is 85.1 Å². The SMILES string of the molecule is CC(C)(C)Nc1nc2nc(n1)Nc1cc(c(S(=O)(=O)[O-])cc1S(=O)(=O)[O-])Nc1nc(nc(NC(C)(C)C)n1)NCc1cccc(c1)CN2.[Na+].[Na+]. The third kappa shape index (κ3) is 11.6. The molecular weight excluding hydrogens is 710 g/mol. The molecule has 50 heavy (non-hydrogen) atoms. The van der Waals surface area contributed by atoms with E-state index in [1.54, 1.807) is 0 Å². The summed E-state index contributed by atoms with van der Waals surface area (Å²) in [4.78, 5) is 24.1. The number of anilines is 8. The third-order valence-corrected chi connectivity index (χ3v) is 8.00. The second-order valence-electron chi connectivity index (χ2n) is 12.9. The average molecular weight is 745 g/mol. The van der Waals surface area contributed by atoms with Crippen LogP contribution >= 0.6 is 0 Å². The molecule has 0 unspecified atom stereocenters. The molecule has 0 fully saturated rings. The van der Waals surface area contributed by atoms with Crippen molar-refractivity contribution >= 4 is 67.3 Å². The fourth-order valence-electron chi connectivity index (χ4n) is 4.43. The number of nitrogens with one attached hydrogen (secondary N) is 6. The van der Waals surface area contributed by atoms with Crippen molar-refractivity contribution in [3.05, 3.63) is 47.5 Å². The number of fused-ring (bicyclic) bond motifs is 8. The molecule has 0 spiro atoms. The second-order valence-corrected chi connectivity index (χ2v) is 15.6. The van der Waals surface area contributed by atoms with Gasteiger partial charge in [0.1, 0.15) is 20.2 Å². The van der Waals surface area contributed by atoms with Crippen molar-refractivity contribution in [1.29, 1.82) is 0 Å². The van der Waals surface area contributed by atoms with E-state index in [0.717, 1.165) is 17.2 Å². The van der Waals surface area contributed by atoms with Gasteiger partial charge in [-0.25, -0.2) is 16.8 Å². The monoisotopic (exact) mass is 744 g/mol. The smallest absolute Gasteiger partial charge is 0.744 e. The topological polar surface area (TPSA) is 264 Å². The summed E-state index contributed by atoms with van der Waals surface area (Å²) < 4.78 is 74.4. The predicted octanol–water partition coefficient (Wildman–Crippen LogP) is -2.68. The van der Waals surface area contributed by atoms with E-state index >= 15 is 0 Å². The maximum atomic E-state index is 12.4. The Bertz CT molecular complexity index is 1950. The quantitative estimate of drug-likeness (QED) is 0.0918. The summed E-state index contributed by atoms with van der Waals surface area (Å²) in [5.41, 5.74) is -0.120. The van der Waals surface area contributed by atoms with Crippen molar-refractivity contribution in [2.75, 3.05) is 31.9 Å². The molecule has 18 nitrogen and oxygen atoms in total. The van der Waals surface area contributed by atoms with E-state index in [4.69, 9.17) is 0 Å². The second kappa shape index (κ2) is 15.8. The molecule has 22 heteroatoms. The first-order chi connectivity index (χ1) is 22.2. The summed E-state index contributed by atoms with van der Waals surface area (Å²) >= 11 is 0. The van der Waals surface area contributed by atoms with Crippen LogP contribution in [-0.2, 0) is 33.3 Å². The van der Waals surface area contributed by atoms with Crippen LogP contribution in [0.2, 0.25) is 0 Å². The Morgan fingerprint density at radius 2 is 0.980 bits per heavy atom. The average Bonchev–Trinajstić information content (AvgIpc) is 2.91. The van der Waals surface area contributed by atoms with Crippen LogP contribution in [-0.4, -0.2) is 66.9 Å². The summed E-state index contributed by atoms with van der Waals surface area (Å²) in [6.45, 7) is 11.8. The molecule has 0 amide bonds. The van der Waals surface area contributed by atoms with Crippen LogP contribution in [0.3, 0.4) is 0 Å². The Morgan fingerprint density at radius 1 is 0.600 bits per heavy atom. The van der Waals surface area contributed by atoms with Crippen molar-refractivity contribution in [2.24, 2.45) is 0 Å². The molecule has 256 valence electrons. The molecule has 0 saturated heterocycles. The molecule has 4 aromatic rings. The molecule has 0 radical (unpaired) electrons. The maximum Gasteiger partial charge on any atom is 1.00 e.